The van der Waals surface area contributed by atoms with Crippen molar-refractivity contribution in [2.24, 2.45) is 0 Å². The molecular weight excluding hydrogens is 465 g/mol. The molecule has 1 fully saturated rings. The first-order valence-corrected chi connectivity index (χ1v) is 10.7. The lowest BCUT2D eigenvalue weighted by molar-refractivity contribution is 0.0696. The van der Waals surface area contributed by atoms with Crippen LogP contribution >= 0.6 is 0 Å². The first-order valence-electron chi connectivity index (χ1n) is 10.7. The van der Waals surface area contributed by atoms with Crippen LogP contribution in [0.3, 0.4) is 0 Å². The zero-order valence-electron chi connectivity index (χ0n) is 18.6. The summed E-state index contributed by atoms with van der Waals surface area (Å²) in [7, 11) is 0. The van der Waals surface area contributed by atoms with Crippen molar-refractivity contribution in [2.45, 2.75) is 26.1 Å². The van der Waals surface area contributed by atoms with E-state index in [9.17, 15) is 32.7 Å². The summed E-state index contributed by atoms with van der Waals surface area (Å²) in [6, 6.07) is 9.06. The minimum atomic E-state index is -1.16. The number of alkyl halides is 1. The number of amides is 1. The smallest absolute Gasteiger partial charge is 0.335 e. The van der Waals surface area contributed by atoms with Crippen LogP contribution < -0.4 is 15.6 Å². The molecule has 1 aliphatic rings. The molecule has 35 heavy (non-hydrogen) atoms. The number of carboxylic acid groups (broad SMARTS) is 1. The highest BCUT2D eigenvalue weighted by molar-refractivity contribution is 5.92. The molecule has 0 saturated carbocycles. The topological polar surface area (TPSA) is 105 Å². The minimum absolute atomic E-state index is 0.0150. The normalized spacial score (nSPS) is 15.3. The van der Waals surface area contributed by atoms with Gasteiger partial charge in [-0.1, -0.05) is 6.07 Å². The number of aromatic carboxylic acids is 1. The van der Waals surface area contributed by atoms with Gasteiger partial charge in [-0.05, 0) is 43.7 Å². The van der Waals surface area contributed by atoms with Gasteiger partial charge in [-0.15, -0.1) is 0 Å². The van der Waals surface area contributed by atoms with E-state index in [-0.39, 0.29) is 24.2 Å². The maximum atomic E-state index is 14.6. The van der Waals surface area contributed by atoms with Gasteiger partial charge in [-0.2, -0.15) is 5.10 Å². The Morgan fingerprint density at radius 2 is 1.86 bits per heavy atom. The van der Waals surface area contributed by atoms with E-state index < -0.39 is 52.9 Å². The summed E-state index contributed by atoms with van der Waals surface area (Å²) in [4.78, 5) is 37.9. The Bertz CT molecular complexity index is 1350. The average Bonchev–Trinajstić information content (AvgIpc) is 3.24. The second-order valence-electron chi connectivity index (χ2n) is 8.17. The van der Waals surface area contributed by atoms with Crippen molar-refractivity contribution in [3.05, 3.63) is 86.8 Å². The van der Waals surface area contributed by atoms with Gasteiger partial charge in [-0.25, -0.2) is 22.6 Å². The second kappa shape index (κ2) is 9.61. The molecule has 11 heteroatoms. The number of nitrogens with one attached hydrogen (secondary N) is 1. The van der Waals surface area contributed by atoms with Crippen LogP contribution in [-0.4, -0.2) is 46.0 Å². The monoisotopic (exact) mass is 486 g/mol. The Hall–Kier alpha value is -4.15. The van der Waals surface area contributed by atoms with Crippen molar-refractivity contribution in [3.63, 3.8) is 0 Å². The molecule has 2 heterocycles. The fraction of sp³-hybridized carbons (Fsp3) is 0.250. The largest absolute Gasteiger partial charge is 0.478 e. The number of carboxylic acids is 1. The minimum Gasteiger partial charge on any atom is -0.478 e. The molecule has 1 amide bonds. The summed E-state index contributed by atoms with van der Waals surface area (Å²) in [6.07, 6.45) is -0.777. The van der Waals surface area contributed by atoms with Gasteiger partial charge in [0.05, 0.1) is 11.3 Å². The maximum Gasteiger partial charge on any atom is 0.335 e. The third-order valence-corrected chi connectivity index (χ3v) is 5.71. The van der Waals surface area contributed by atoms with E-state index in [2.05, 4.69) is 10.4 Å². The predicted octanol–water partition coefficient (Wildman–Crippen LogP) is 3.00. The fourth-order valence-electron chi connectivity index (χ4n) is 3.88. The van der Waals surface area contributed by atoms with Gasteiger partial charge in [0.15, 0.2) is 5.69 Å². The zero-order chi connectivity index (χ0) is 25.3. The van der Waals surface area contributed by atoms with Crippen LogP contribution in [0.5, 0.6) is 0 Å². The van der Waals surface area contributed by atoms with Crippen molar-refractivity contribution in [2.75, 3.05) is 18.0 Å². The number of anilines is 1. The van der Waals surface area contributed by atoms with Crippen LogP contribution in [0.2, 0.25) is 0 Å². The summed E-state index contributed by atoms with van der Waals surface area (Å²) in [5.74, 6) is -3.95. The number of benzene rings is 2. The average molecular weight is 486 g/mol. The highest BCUT2D eigenvalue weighted by Crippen LogP contribution is 2.26. The molecule has 0 radical (unpaired) electrons. The molecule has 0 aliphatic carbocycles. The van der Waals surface area contributed by atoms with E-state index in [1.807, 2.05) is 0 Å². The molecule has 0 bridgehead atoms. The van der Waals surface area contributed by atoms with Crippen LogP contribution in [0.1, 0.15) is 38.5 Å². The molecule has 2 aromatic carbocycles. The molecule has 2 N–H and O–H groups in total. The molecule has 0 spiro atoms. The van der Waals surface area contributed by atoms with Gasteiger partial charge in [0.2, 0.25) is 5.43 Å². The van der Waals surface area contributed by atoms with Crippen LogP contribution in [0, 0.1) is 18.6 Å². The molecule has 8 nitrogen and oxygen atoms in total. The summed E-state index contributed by atoms with van der Waals surface area (Å²) in [5, 5.41) is 15.5. The standard InChI is InChI=1S/C24H21F3N4O4/c1-13-7-21(32)22(29-31(13)16-4-2-3-14(8-16)24(34)35)23(33)28-11-18-19(26)9-17(10-20(18)27)30-6-5-15(25)12-30/h2-4,7-10,15H,5-6,11-12H2,1H3,(H,28,33)(H,34,35)/t15-/m1/s1. The van der Waals surface area contributed by atoms with E-state index in [1.54, 1.807) is 13.0 Å². The lowest BCUT2D eigenvalue weighted by Gasteiger charge is -2.19. The summed E-state index contributed by atoms with van der Waals surface area (Å²) in [5.41, 5.74) is -0.808. The number of hydrogen-bond donors (Lipinski definition) is 2. The van der Waals surface area contributed by atoms with Crippen LogP contribution in [-0.2, 0) is 6.54 Å². The van der Waals surface area contributed by atoms with E-state index in [0.717, 1.165) is 18.2 Å². The summed E-state index contributed by atoms with van der Waals surface area (Å²) < 4.78 is 43.8. The van der Waals surface area contributed by atoms with Crippen LogP contribution in [0.25, 0.3) is 5.69 Å². The van der Waals surface area contributed by atoms with Gasteiger partial charge >= 0.3 is 5.97 Å². The number of halogens is 3. The van der Waals surface area contributed by atoms with Crippen molar-refractivity contribution < 1.29 is 27.9 Å². The molecule has 0 unspecified atom stereocenters. The van der Waals surface area contributed by atoms with E-state index in [4.69, 9.17) is 0 Å². The number of aryl methyl sites for hydroxylation is 1. The fourth-order valence-corrected chi connectivity index (χ4v) is 3.88. The van der Waals surface area contributed by atoms with Gasteiger partial charge in [-0.3, -0.25) is 9.59 Å². The molecule has 1 aromatic heterocycles. The number of carbonyl (C=O) groups excluding carboxylic acids is 1. The summed E-state index contributed by atoms with van der Waals surface area (Å²) >= 11 is 0. The van der Waals surface area contributed by atoms with E-state index >= 15 is 0 Å². The highest BCUT2D eigenvalue weighted by atomic mass is 19.1. The first kappa shape index (κ1) is 24.0. The van der Waals surface area contributed by atoms with Gasteiger partial charge in [0.25, 0.3) is 5.91 Å². The quantitative estimate of drug-likeness (QED) is 0.555. The maximum absolute atomic E-state index is 14.6. The number of nitrogens with zero attached hydrogens (tertiary/aromatic N) is 3. The van der Waals surface area contributed by atoms with Gasteiger partial charge < -0.3 is 15.3 Å². The SMILES string of the molecule is Cc1cc(=O)c(C(=O)NCc2c(F)cc(N3CC[C@@H](F)C3)cc2F)nn1-c1cccc(C(=O)O)c1. The van der Waals surface area contributed by atoms with Gasteiger partial charge in [0.1, 0.15) is 17.8 Å². The van der Waals surface area contributed by atoms with Crippen LogP contribution in [0.4, 0.5) is 18.9 Å². The lowest BCUT2D eigenvalue weighted by Crippen LogP contribution is -2.32. The lowest BCUT2D eigenvalue weighted by atomic mass is 10.1. The Balaban J connectivity index is 1.56. The Morgan fingerprint density at radius 3 is 2.49 bits per heavy atom. The Labute approximate surface area is 197 Å². The number of aromatic nitrogens is 2. The van der Waals surface area contributed by atoms with Gasteiger partial charge in [0, 0.05) is 42.6 Å². The van der Waals surface area contributed by atoms with Crippen molar-refractivity contribution >= 4 is 17.6 Å². The highest BCUT2D eigenvalue weighted by Gasteiger charge is 2.24. The van der Waals surface area contributed by atoms with Crippen molar-refractivity contribution in [3.8, 4) is 5.69 Å². The predicted molar refractivity (Wildman–Crippen MR) is 121 cm³/mol. The van der Waals surface area contributed by atoms with E-state index in [1.165, 1.54) is 27.8 Å². The number of hydrogen-bond acceptors (Lipinski definition) is 5. The summed E-state index contributed by atoms with van der Waals surface area (Å²) in [6.45, 7) is 1.40. The third-order valence-electron chi connectivity index (χ3n) is 5.71. The number of carbonyl (C=O) groups is 2. The third kappa shape index (κ3) is 5.03. The Kier molecular flexibility index (Phi) is 6.59. The molecule has 3 aromatic rings. The molecule has 1 aliphatic heterocycles. The zero-order valence-corrected chi connectivity index (χ0v) is 18.6. The molecule has 182 valence electrons. The molecule has 1 saturated heterocycles. The number of rotatable bonds is 6. The molecule has 4 rings (SSSR count). The van der Waals surface area contributed by atoms with E-state index in [0.29, 0.717) is 17.9 Å². The second-order valence-corrected chi connectivity index (χ2v) is 8.17. The molecular formula is C24H21F3N4O4. The van der Waals surface area contributed by atoms with Crippen molar-refractivity contribution in [1.29, 1.82) is 0 Å². The molecule has 1 atom stereocenters. The Morgan fingerprint density at radius 1 is 1.14 bits per heavy atom. The van der Waals surface area contributed by atoms with Crippen molar-refractivity contribution in [1.82, 2.24) is 15.1 Å². The first-order chi connectivity index (χ1) is 16.6. The van der Waals surface area contributed by atoms with Crippen LogP contribution in [0.15, 0.2) is 47.3 Å².